The van der Waals surface area contributed by atoms with Crippen LogP contribution in [0.5, 0.6) is 0 Å². The zero-order valence-electron chi connectivity index (χ0n) is 12.4. The van der Waals surface area contributed by atoms with E-state index in [4.69, 9.17) is 4.42 Å². The van der Waals surface area contributed by atoms with Crippen molar-refractivity contribution in [2.75, 3.05) is 6.54 Å². The van der Waals surface area contributed by atoms with Gasteiger partial charge in [0.05, 0.1) is 11.0 Å². The summed E-state index contributed by atoms with van der Waals surface area (Å²) < 4.78 is 6.06. The number of nitrogens with one attached hydrogen (secondary N) is 1. The first-order chi connectivity index (χ1) is 10.3. The Hall–Kier alpha value is -1.65. The highest BCUT2D eigenvalue weighted by Gasteiger charge is 2.17. The molecule has 0 aliphatic carbocycles. The van der Waals surface area contributed by atoms with E-state index < -0.39 is 0 Å². The summed E-state index contributed by atoms with van der Waals surface area (Å²) in [5.41, 5.74) is 2.30. The molecule has 1 N–H and O–H groups in total. The van der Waals surface area contributed by atoms with Gasteiger partial charge in [-0.2, -0.15) is 0 Å². The van der Waals surface area contributed by atoms with Crippen LogP contribution in [-0.2, 0) is 12.8 Å². The smallest absolute Gasteiger partial charge is 0.134 e. The maximum Gasteiger partial charge on any atom is 0.134 e. The Labute approximate surface area is 129 Å². The first kappa shape index (κ1) is 14.3. The summed E-state index contributed by atoms with van der Waals surface area (Å²) in [6.07, 6.45) is 3.81. The highest BCUT2D eigenvalue weighted by Crippen LogP contribution is 2.30. The predicted octanol–water partition coefficient (Wildman–Crippen LogP) is 4.35. The Morgan fingerprint density at radius 2 is 2.19 bits per heavy atom. The zero-order valence-corrected chi connectivity index (χ0v) is 13.2. The normalized spacial score (nSPS) is 12.9. The van der Waals surface area contributed by atoms with Crippen molar-refractivity contribution in [2.45, 2.75) is 32.7 Å². The van der Waals surface area contributed by atoms with Crippen LogP contribution in [0.1, 0.15) is 36.2 Å². The molecule has 1 aromatic carbocycles. The van der Waals surface area contributed by atoms with E-state index >= 15 is 0 Å². The highest BCUT2D eigenvalue weighted by atomic mass is 32.1. The summed E-state index contributed by atoms with van der Waals surface area (Å²) in [5.74, 6) is 1.07. The fourth-order valence-corrected chi connectivity index (χ4v) is 3.32. The minimum Gasteiger partial charge on any atom is -0.459 e. The third kappa shape index (κ3) is 3.01. The number of para-hydroxylation sites is 1. The quantitative estimate of drug-likeness (QED) is 0.735. The van der Waals surface area contributed by atoms with Crippen LogP contribution in [0.15, 0.2) is 40.3 Å². The molecule has 0 fully saturated rings. The number of nitrogens with zero attached hydrogens (tertiary/aromatic N) is 1. The molecule has 21 heavy (non-hydrogen) atoms. The molecule has 2 aromatic heterocycles. The van der Waals surface area contributed by atoms with Crippen molar-refractivity contribution in [3.63, 3.8) is 0 Å². The van der Waals surface area contributed by atoms with E-state index in [1.165, 1.54) is 16.0 Å². The average molecular weight is 300 g/mol. The van der Waals surface area contributed by atoms with Gasteiger partial charge in [-0.1, -0.05) is 25.1 Å². The van der Waals surface area contributed by atoms with Gasteiger partial charge in [-0.25, -0.2) is 4.98 Å². The summed E-state index contributed by atoms with van der Waals surface area (Å²) in [5, 5.41) is 7.98. The minimum atomic E-state index is 0.215. The lowest BCUT2D eigenvalue weighted by Crippen LogP contribution is -2.21. The third-order valence-corrected chi connectivity index (χ3v) is 4.59. The molecule has 3 nitrogen and oxygen atoms in total. The van der Waals surface area contributed by atoms with Gasteiger partial charge in [0, 0.05) is 35.5 Å². The van der Waals surface area contributed by atoms with Gasteiger partial charge in [-0.15, -0.1) is 11.3 Å². The molecule has 1 unspecified atom stereocenters. The molecule has 110 valence electrons. The van der Waals surface area contributed by atoms with Crippen LogP contribution >= 0.6 is 11.3 Å². The number of aromatic nitrogens is 1. The highest BCUT2D eigenvalue weighted by molar-refractivity contribution is 7.09. The summed E-state index contributed by atoms with van der Waals surface area (Å²) in [7, 11) is 0. The first-order valence-corrected chi connectivity index (χ1v) is 8.29. The molecule has 2 heterocycles. The van der Waals surface area contributed by atoms with Gasteiger partial charge in [0.15, 0.2) is 0 Å². The average Bonchev–Trinajstić information content (AvgIpc) is 3.13. The van der Waals surface area contributed by atoms with Crippen molar-refractivity contribution < 1.29 is 4.42 Å². The Bertz CT molecular complexity index is 703. The fourth-order valence-electron chi connectivity index (χ4n) is 2.70. The standard InChI is InChI=1S/C17H20N2OS/c1-3-13-14-6-4-5-7-15(14)20-17(13)12(2)18-9-8-16-19-10-11-21-16/h4-7,10-12,18H,3,8-9H2,1-2H3. The van der Waals surface area contributed by atoms with Crippen molar-refractivity contribution in [1.82, 2.24) is 10.3 Å². The van der Waals surface area contributed by atoms with Gasteiger partial charge >= 0.3 is 0 Å². The van der Waals surface area contributed by atoms with Crippen LogP contribution in [0.2, 0.25) is 0 Å². The lowest BCUT2D eigenvalue weighted by Gasteiger charge is -2.12. The Morgan fingerprint density at radius 1 is 1.33 bits per heavy atom. The van der Waals surface area contributed by atoms with E-state index in [-0.39, 0.29) is 6.04 Å². The van der Waals surface area contributed by atoms with Crippen LogP contribution in [-0.4, -0.2) is 11.5 Å². The van der Waals surface area contributed by atoms with Crippen molar-refractivity contribution >= 4 is 22.3 Å². The number of hydrogen-bond acceptors (Lipinski definition) is 4. The number of furan rings is 1. The van der Waals surface area contributed by atoms with E-state index in [0.717, 1.165) is 30.7 Å². The number of hydrogen-bond donors (Lipinski definition) is 1. The van der Waals surface area contributed by atoms with E-state index in [1.807, 2.05) is 23.7 Å². The topological polar surface area (TPSA) is 38.1 Å². The number of fused-ring (bicyclic) bond motifs is 1. The van der Waals surface area contributed by atoms with E-state index in [2.05, 4.69) is 36.3 Å². The third-order valence-electron chi connectivity index (χ3n) is 3.75. The summed E-state index contributed by atoms with van der Waals surface area (Å²) in [6, 6.07) is 8.49. The minimum absolute atomic E-state index is 0.215. The second-order valence-corrected chi connectivity index (χ2v) is 6.13. The molecule has 0 spiro atoms. The van der Waals surface area contributed by atoms with E-state index in [1.54, 1.807) is 11.3 Å². The second kappa shape index (κ2) is 6.41. The summed E-state index contributed by atoms with van der Waals surface area (Å²) in [6.45, 7) is 5.26. The van der Waals surface area contributed by atoms with Gasteiger partial charge in [0.2, 0.25) is 0 Å². The lowest BCUT2D eigenvalue weighted by molar-refractivity contribution is 0.448. The molecular formula is C17H20N2OS. The van der Waals surface area contributed by atoms with Gasteiger partial charge < -0.3 is 9.73 Å². The second-order valence-electron chi connectivity index (χ2n) is 5.15. The largest absolute Gasteiger partial charge is 0.459 e. The number of thiazole rings is 1. The lowest BCUT2D eigenvalue weighted by atomic mass is 10.1. The first-order valence-electron chi connectivity index (χ1n) is 7.41. The molecule has 0 aliphatic heterocycles. The molecule has 4 heteroatoms. The SMILES string of the molecule is CCc1c(C(C)NCCc2nccs2)oc2ccccc12. The van der Waals surface area contributed by atoms with Gasteiger partial charge in [0.1, 0.15) is 11.3 Å². The van der Waals surface area contributed by atoms with Crippen LogP contribution in [0, 0.1) is 0 Å². The van der Waals surface area contributed by atoms with Gasteiger partial charge in [-0.05, 0) is 19.4 Å². The van der Waals surface area contributed by atoms with E-state index in [9.17, 15) is 0 Å². The van der Waals surface area contributed by atoms with Crippen LogP contribution < -0.4 is 5.32 Å². The Kier molecular flexibility index (Phi) is 4.36. The molecule has 1 atom stereocenters. The predicted molar refractivity (Wildman–Crippen MR) is 87.8 cm³/mol. The van der Waals surface area contributed by atoms with Crippen molar-refractivity contribution in [3.8, 4) is 0 Å². The molecule has 0 amide bonds. The van der Waals surface area contributed by atoms with Crippen LogP contribution in [0.4, 0.5) is 0 Å². The molecule has 3 aromatic rings. The summed E-state index contributed by atoms with van der Waals surface area (Å²) >= 11 is 1.71. The Balaban J connectivity index is 1.73. The molecule has 0 radical (unpaired) electrons. The maximum absolute atomic E-state index is 6.06. The fraction of sp³-hybridized carbons (Fsp3) is 0.353. The van der Waals surface area contributed by atoms with Crippen LogP contribution in [0.3, 0.4) is 0 Å². The molecule has 0 bridgehead atoms. The zero-order chi connectivity index (χ0) is 14.7. The molecular weight excluding hydrogens is 280 g/mol. The molecule has 0 aliphatic rings. The number of aryl methyl sites for hydroxylation is 1. The number of rotatable bonds is 6. The van der Waals surface area contributed by atoms with Crippen molar-refractivity contribution in [1.29, 1.82) is 0 Å². The Morgan fingerprint density at radius 3 is 2.95 bits per heavy atom. The van der Waals surface area contributed by atoms with Gasteiger partial charge in [0.25, 0.3) is 0 Å². The number of benzene rings is 1. The maximum atomic E-state index is 6.06. The van der Waals surface area contributed by atoms with Crippen molar-refractivity contribution in [2.24, 2.45) is 0 Å². The molecule has 0 saturated heterocycles. The van der Waals surface area contributed by atoms with Gasteiger partial charge in [-0.3, -0.25) is 0 Å². The monoisotopic (exact) mass is 300 g/mol. The molecule has 3 rings (SSSR count). The van der Waals surface area contributed by atoms with E-state index in [0.29, 0.717) is 0 Å². The van der Waals surface area contributed by atoms with Crippen molar-refractivity contribution in [3.05, 3.63) is 52.2 Å². The summed E-state index contributed by atoms with van der Waals surface area (Å²) in [4.78, 5) is 4.31. The van der Waals surface area contributed by atoms with Crippen LogP contribution in [0.25, 0.3) is 11.0 Å². The molecule has 0 saturated carbocycles.